The Morgan fingerprint density at radius 1 is 1.00 bits per heavy atom. The molecule has 1 aliphatic rings. The summed E-state index contributed by atoms with van der Waals surface area (Å²) in [5.41, 5.74) is 8.25. The smallest absolute Gasteiger partial charge is 0.221 e. The minimum Gasteiger partial charge on any atom is -0.351 e. The summed E-state index contributed by atoms with van der Waals surface area (Å²) < 4.78 is 2.26. The molecule has 2 unspecified atom stereocenters. The van der Waals surface area contributed by atoms with Crippen LogP contribution in [0.2, 0.25) is 5.02 Å². The summed E-state index contributed by atoms with van der Waals surface area (Å²) in [4.78, 5) is 18.4. The van der Waals surface area contributed by atoms with Crippen molar-refractivity contribution >= 4 is 46.2 Å². The van der Waals surface area contributed by atoms with E-state index in [1.54, 1.807) is 0 Å². The number of carbonyl (C=O) groups is 1. The molecule has 5 rings (SSSR count). The minimum absolute atomic E-state index is 0.108. The van der Waals surface area contributed by atoms with E-state index in [0.717, 1.165) is 34.1 Å². The average Bonchev–Trinajstić information content (AvgIpc) is 3.32. The highest BCUT2D eigenvalue weighted by molar-refractivity contribution is 7.80. The summed E-state index contributed by atoms with van der Waals surface area (Å²) in [5.74, 6) is -0.108. The lowest BCUT2D eigenvalue weighted by Crippen LogP contribution is -2.29. The second-order valence-electron chi connectivity index (χ2n) is 9.25. The molecule has 3 heterocycles. The number of nitrogens with one attached hydrogen (secondary N) is 2. The number of amides is 1. The number of benzene rings is 2. The van der Waals surface area contributed by atoms with E-state index in [4.69, 9.17) is 23.8 Å². The highest BCUT2D eigenvalue weighted by Crippen LogP contribution is 2.45. The van der Waals surface area contributed by atoms with Gasteiger partial charge in [0.25, 0.3) is 0 Å². The summed E-state index contributed by atoms with van der Waals surface area (Å²) in [7, 11) is 0. The number of thiocarbonyl (C=S) groups is 1. The fourth-order valence-electron chi connectivity index (χ4n) is 5.28. The van der Waals surface area contributed by atoms with E-state index < -0.39 is 0 Å². The van der Waals surface area contributed by atoms with E-state index in [0.29, 0.717) is 10.1 Å². The third-order valence-corrected chi connectivity index (χ3v) is 7.48. The van der Waals surface area contributed by atoms with Crippen molar-refractivity contribution in [1.29, 1.82) is 0 Å². The number of hydrogen-bond acceptors (Lipinski definition) is 3. The first-order valence-electron chi connectivity index (χ1n) is 12.1. The van der Waals surface area contributed by atoms with Gasteiger partial charge in [0.2, 0.25) is 5.91 Å². The van der Waals surface area contributed by atoms with E-state index in [2.05, 4.69) is 51.9 Å². The van der Waals surface area contributed by atoms with Gasteiger partial charge in [0.15, 0.2) is 5.11 Å². The van der Waals surface area contributed by atoms with Crippen molar-refractivity contribution in [2.45, 2.75) is 39.8 Å². The Balaban J connectivity index is 1.68. The van der Waals surface area contributed by atoms with Gasteiger partial charge in [0, 0.05) is 52.2 Å². The molecule has 0 radical (unpaired) electrons. The lowest BCUT2D eigenvalue weighted by molar-refractivity contribution is -0.114. The van der Waals surface area contributed by atoms with Gasteiger partial charge in [-0.05, 0) is 93.1 Å². The summed E-state index contributed by atoms with van der Waals surface area (Å²) in [6.45, 7) is 7.94. The Kier molecular flexibility index (Phi) is 6.75. The van der Waals surface area contributed by atoms with Crippen LogP contribution in [0.15, 0.2) is 72.9 Å². The Morgan fingerprint density at radius 3 is 2.41 bits per heavy atom. The SMILES string of the molecule is CC(=O)Nc1ccc(N2C(=S)NC(c3ccccn3)C2c2c(C)c(C)n(-c3cccc(Cl)c3)c2C)cc1. The van der Waals surface area contributed by atoms with Crippen molar-refractivity contribution < 1.29 is 4.79 Å². The van der Waals surface area contributed by atoms with Crippen LogP contribution < -0.4 is 15.5 Å². The van der Waals surface area contributed by atoms with Crippen molar-refractivity contribution in [3.8, 4) is 5.69 Å². The number of halogens is 1. The molecule has 2 aromatic carbocycles. The molecule has 2 atom stereocenters. The van der Waals surface area contributed by atoms with Gasteiger partial charge < -0.3 is 20.1 Å². The molecule has 0 saturated carbocycles. The van der Waals surface area contributed by atoms with Crippen LogP contribution in [-0.2, 0) is 4.79 Å². The van der Waals surface area contributed by atoms with E-state index in [-0.39, 0.29) is 18.0 Å². The van der Waals surface area contributed by atoms with Gasteiger partial charge in [0.05, 0.1) is 17.8 Å². The van der Waals surface area contributed by atoms with Crippen LogP contribution in [0.1, 0.15) is 47.2 Å². The van der Waals surface area contributed by atoms with Gasteiger partial charge in [0.1, 0.15) is 0 Å². The lowest BCUT2D eigenvalue weighted by atomic mass is 9.93. The lowest BCUT2D eigenvalue weighted by Gasteiger charge is -2.29. The monoisotopic (exact) mass is 529 g/mol. The molecule has 1 aliphatic heterocycles. The third-order valence-electron chi connectivity index (χ3n) is 6.93. The van der Waals surface area contributed by atoms with Crippen LogP contribution in [0, 0.1) is 20.8 Å². The van der Waals surface area contributed by atoms with Crippen LogP contribution in [-0.4, -0.2) is 20.6 Å². The van der Waals surface area contributed by atoms with Gasteiger partial charge in [-0.25, -0.2) is 0 Å². The molecule has 0 spiro atoms. The molecule has 1 fully saturated rings. The first kappa shape index (κ1) is 25.0. The first-order chi connectivity index (χ1) is 17.8. The predicted octanol–water partition coefficient (Wildman–Crippen LogP) is 6.59. The van der Waals surface area contributed by atoms with Crippen LogP contribution in [0.25, 0.3) is 5.69 Å². The van der Waals surface area contributed by atoms with E-state index in [1.165, 1.54) is 18.1 Å². The minimum atomic E-state index is -0.157. The van der Waals surface area contributed by atoms with Crippen molar-refractivity contribution in [3.05, 3.63) is 106 Å². The molecule has 1 saturated heterocycles. The molecule has 37 heavy (non-hydrogen) atoms. The third kappa shape index (κ3) is 4.61. The normalized spacial score (nSPS) is 17.1. The van der Waals surface area contributed by atoms with Crippen molar-refractivity contribution in [3.63, 3.8) is 0 Å². The number of anilines is 2. The molecule has 1 amide bonds. The molecule has 0 aliphatic carbocycles. The van der Waals surface area contributed by atoms with Gasteiger partial charge in [-0.1, -0.05) is 23.7 Å². The number of aromatic nitrogens is 2. The largest absolute Gasteiger partial charge is 0.351 e. The average molecular weight is 530 g/mol. The van der Waals surface area contributed by atoms with Crippen molar-refractivity contribution in [1.82, 2.24) is 14.9 Å². The molecule has 6 nitrogen and oxygen atoms in total. The van der Waals surface area contributed by atoms with E-state index >= 15 is 0 Å². The van der Waals surface area contributed by atoms with Gasteiger partial charge in [-0.3, -0.25) is 9.78 Å². The zero-order valence-corrected chi connectivity index (χ0v) is 22.7. The van der Waals surface area contributed by atoms with Gasteiger partial charge >= 0.3 is 0 Å². The molecule has 2 N–H and O–H groups in total. The zero-order chi connectivity index (χ0) is 26.3. The standard InChI is InChI=1S/C29H28ClN5OS/c1-17-18(2)34(24-9-7-8-21(30)16-24)19(3)26(17)28-27(25-10-5-6-15-31-25)33-29(37)35(28)23-13-11-22(12-14-23)32-20(4)36/h5-16,27-28H,1-4H3,(H,32,36)(H,33,37). The van der Waals surface area contributed by atoms with Crippen LogP contribution in [0.5, 0.6) is 0 Å². The highest BCUT2D eigenvalue weighted by atomic mass is 35.5. The molecular formula is C29H28ClN5OS. The maximum atomic E-state index is 11.5. The first-order valence-corrected chi connectivity index (χ1v) is 12.9. The Morgan fingerprint density at radius 2 is 1.76 bits per heavy atom. The maximum Gasteiger partial charge on any atom is 0.221 e. The fourth-order valence-corrected chi connectivity index (χ4v) is 5.81. The Labute approximate surface area is 227 Å². The topological polar surface area (TPSA) is 62.2 Å². The molecular weight excluding hydrogens is 502 g/mol. The molecule has 0 bridgehead atoms. The van der Waals surface area contributed by atoms with Crippen molar-refractivity contribution in [2.24, 2.45) is 0 Å². The zero-order valence-electron chi connectivity index (χ0n) is 21.1. The highest BCUT2D eigenvalue weighted by Gasteiger charge is 2.43. The molecule has 4 aromatic rings. The van der Waals surface area contributed by atoms with E-state index in [1.807, 2.05) is 66.9 Å². The summed E-state index contributed by atoms with van der Waals surface area (Å²) in [6, 6.07) is 21.3. The number of carbonyl (C=O) groups excluding carboxylic acids is 1. The number of nitrogens with zero attached hydrogens (tertiary/aromatic N) is 3. The number of hydrogen-bond donors (Lipinski definition) is 2. The second kappa shape index (κ2) is 10.00. The summed E-state index contributed by atoms with van der Waals surface area (Å²) in [5, 5.41) is 7.69. The Bertz CT molecular complexity index is 1480. The van der Waals surface area contributed by atoms with Crippen LogP contribution in [0.4, 0.5) is 11.4 Å². The number of pyridine rings is 1. The summed E-state index contributed by atoms with van der Waals surface area (Å²) in [6.07, 6.45) is 1.81. The molecule has 2 aromatic heterocycles. The van der Waals surface area contributed by atoms with Gasteiger partial charge in [-0.2, -0.15) is 0 Å². The fraction of sp³-hybridized carbons (Fsp3) is 0.207. The second-order valence-corrected chi connectivity index (χ2v) is 10.1. The predicted molar refractivity (Wildman–Crippen MR) is 154 cm³/mol. The van der Waals surface area contributed by atoms with E-state index in [9.17, 15) is 4.79 Å². The Hall–Kier alpha value is -3.68. The maximum absolute atomic E-state index is 11.5. The van der Waals surface area contributed by atoms with Crippen molar-refractivity contribution in [2.75, 3.05) is 10.2 Å². The van der Waals surface area contributed by atoms with Gasteiger partial charge in [-0.15, -0.1) is 0 Å². The quantitative estimate of drug-likeness (QED) is 0.286. The number of rotatable bonds is 5. The van der Waals surface area contributed by atoms with Crippen LogP contribution in [0.3, 0.4) is 0 Å². The summed E-state index contributed by atoms with van der Waals surface area (Å²) >= 11 is 12.3. The van der Waals surface area contributed by atoms with Crippen LogP contribution >= 0.6 is 23.8 Å². The molecule has 188 valence electrons. The molecule has 8 heteroatoms.